The molecule has 0 aliphatic heterocycles. The molecule has 0 saturated heterocycles. The number of hydrogen-bond donors (Lipinski definition) is 2. The Labute approximate surface area is 82.5 Å². The summed E-state index contributed by atoms with van der Waals surface area (Å²) in [6, 6.07) is 0. The number of hydrogen-bond acceptors (Lipinski definition) is 4. The van der Waals surface area contributed by atoms with Crippen molar-refractivity contribution in [2.45, 2.75) is 38.9 Å². The monoisotopic (exact) mass is 204 g/mol. The topological polar surface area (TPSA) is 105 Å². The summed E-state index contributed by atoms with van der Waals surface area (Å²) < 4.78 is 9.05. The minimum Gasteiger partial charge on any atom is -0.409 e. The van der Waals surface area contributed by atoms with Crippen LogP contribution < -0.4 is 11.5 Å². The van der Waals surface area contributed by atoms with E-state index in [2.05, 4.69) is 9.47 Å². The van der Waals surface area contributed by atoms with Gasteiger partial charge >= 0.3 is 12.2 Å². The average molecular weight is 204 g/mol. The number of primary amides is 2. The SMILES string of the molecule is CCCCCC(OC(N)=O)OC(N)=O. The minimum atomic E-state index is -0.979. The van der Waals surface area contributed by atoms with E-state index in [0.717, 1.165) is 19.3 Å². The number of unbranched alkanes of at least 4 members (excludes halogenated alkanes) is 2. The first-order valence-corrected chi connectivity index (χ1v) is 4.48. The first-order chi connectivity index (χ1) is 6.56. The van der Waals surface area contributed by atoms with E-state index in [-0.39, 0.29) is 0 Å². The van der Waals surface area contributed by atoms with E-state index in [1.807, 2.05) is 6.92 Å². The molecule has 0 aliphatic rings. The van der Waals surface area contributed by atoms with Crippen molar-refractivity contribution in [3.8, 4) is 0 Å². The Morgan fingerprint density at radius 2 is 1.64 bits per heavy atom. The largest absolute Gasteiger partial charge is 0.409 e. The van der Waals surface area contributed by atoms with E-state index in [9.17, 15) is 9.59 Å². The van der Waals surface area contributed by atoms with Crippen molar-refractivity contribution < 1.29 is 19.1 Å². The van der Waals surface area contributed by atoms with Gasteiger partial charge in [-0.1, -0.05) is 19.8 Å². The Morgan fingerprint density at radius 1 is 1.14 bits per heavy atom. The highest BCUT2D eigenvalue weighted by molar-refractivity contribution is 5.66. The molecule has 0 heterocycles. The van der Waals surface area contributed by atoms with Crippen LogP contribution in [0.5, 0.6) is 0 Å². The molecule has 0 aromatic heterocycles. The third kappa shape index (κ3) is 7.20. The summed E-state index contributed by atoms with van der Waals surface area (Å²) in [6.07, 6.45) is 0.249. The number of ether oxygens (including phenoxy) is 2. The molecule has 0 rings (SSSR count). The average Bonchev–Trinajstić information content (AvgIpc) is 2.02. The van der Waals surface area contributed by atoms with Crippen LogP contribution in [0.15, 0.2) is 0 Å². The molecule has 0 aromatic carbocycles. The molecule has 0 bridgehead atoms. The van der Waals surface area contributed by atoms with E-state index < -0.39 is 18.5 Å². The summed E-state index contributed by atoms with van der Waals surface area (Å²) in [5, 5.41) is 0. The van der Waals surface area contributed by atoms with Gasteiger partial charge in [-0.05, 0) is 6.42 Å². The third-order valence-corrected chi connectivity index (χ3v) is 1.54. The van der Waals surface area contributed by atoms with Gasteiger partial charge in [-0.25, -0.2) is 9.59 Å². The van der Waals surface area contributed by atoms with Gasteiger partial charge in [0.15, 0.2) is 0 Å². The number of rotatable bonds is 6. The standard InChI is InChI=1S/C8H16N2O4/c1-2-3-4-5-6(13-7(9)11)14-8(10)12/h6H,2-5H2,1H3,(H2,9,11)(H2,10,12). The Kier molecular flexibility index (Phi) is 6.26. The lowest BCUT2D eigenvalue weighted by molar-refractivity contribution is -0.0605. The Hall–Kier alpha value is -1.46. The highest BCUT2D eigenvalue weighted by Gasteiger charge is 2.15. The maximum absolute atomic E-state index is 10.4. The van der Waals surface area contributed by atoms with Gasteiger partial charge in [0.05, 0.1) is 0 Å². The molecule has 0 aliphatic carbocycles. The molecule has 14 heavy (non-hydrogen) atoms. The molecule has 6 heteroatoms. The molecule has 4 N–H and O–H groups in total. The molecule has 2 amide bonds. The lowest BCUT2D eigenvalue weighted by Gasteiger charge is -2.15. The van der Waals surface area contributed by atoms with Crippen molar-refractivity contribution >= 4 is 12.2 Å². The Balaban J connectivity index is 3.84. The van der Waals surface area contributed by atoms with Crippen molar-refractivity contribution in [3.63, 3.8) is 0 Å². The van der Waals surface area contributed by atoms with Gasteiger partial charge in [-0.2, -0.15) is 0 Å². The summed E-state index contributed by atoms with van der Waals surface area (Å²) in [6.45, 7) is 2.03. The molecule has 0 atom stereocenters. The molecule has 0 radical (unpaired) electrons. The Bertz CT molecular complexity index is 180. The zero-order valence-corrected chi connectivity index (χ0v) is 8.19. The smallest absolute Gasteiger partial charge is 0.407 e. The molecule has 0 fully saturated rings. The summed E-state index contributed by atoms with van der Waals surface area (Å²) in [5.74, 6) is 0. The van der Waals surface area contributed by atoms with Gasteiger partial charge in [0.25, 0.3) is 6.29 Å². The number of carbonyl (C=O) groups excluding carboxylic acids is 2. The molecule has 82 valence electrons. The van der Waals surface area contributed by atoms with Crippen molar-refractivity contribution in [1.29, 1.82) is 0 Å². The van der Waals surface area contributed by atoms with Crippen molar-refractivity contribution in [2.24, 2.45) is 11.5 Å². The van der Waals surface area contributed by atoms with Crippen LogP contribution in [0.25, 0.3) is 0 Å². The van der Waals surface area contributed by atoms with Crippen LogP contribution in [0.3, 0.4) is 0 Å². The van der Waals surface area contributed by atoms with Crippen LogP contribution in [-0.4, -0.2) is 18.5 Å². The van der Waals surface area contributed by atoms with Gasteiger partial charge < -0.3 is 20.9 Å². The van der Waals surface area contributed by atoms with Crippen molar-refractivity contribution in [1.82, 2.24) is 0 Å². The van der Waals surface area contributed by atoms with Crippen LogP contribution >= 0.6 is 0 Å². The summed E-state index contributed by atoms with van der Waals surface area (Å²) in [7, 11) is 0. The molecule has 0 spiro atoms. The van der Waals surface area contributed by atoms with Crippen LogP contribution in [0, 0.1) is 0 Å². The van der Waals surface area contributed by atoms with Gasteiger partial charge in [0, 0.05) is 6.42 Å². The molecular formula is C8H16N2O4. The van der Waals surface area contributed by atoms with E-state index >= 15 is 0 Å². The van der Waals surface area contributed by atoms with E-state index in [0.29, 0.717) is 6.42 Å². The van der Waals surface area contributed by atoms with Crippen LogP contribution in [-0.2, 0) is 9.47 Å². The van der Waals surface area contributed by atoms with Gasteiger partial charge in [-0.3, -0.25) is 0 Å². The van der Waals surface area contributed by atoms with Crippen LogP contribution in [0.1, 0.15) is 32.6 Å². The van der Waals surface area contributed by atoms with Crippen LogP contribution in [0.2, 0.25) is 0 Å². The zero-order chi connectivity index (χ0) is 11.0. The normalized spacial score (nSPS) is 9.86. The molecule has 0 saturated carbocycles. The van der Waals surface area contributed by atoms with Crippen LogP contribution in [0.4, 0.5) is 9.59 Å². The second-order valence-electron chi connectivity index (χ2n) is 2.80. The van der Waals surface area contributed by atoms with Gasteiger partial charge in [0.2, 0.25) is 0 Å². The lowest BCUT2D eigenvalue weighted by Crippen LogP contribution is -2.29. The highest BCUT2D eigenvalue weighted by atomic mass is 16.7. The second-order valence-corrected chi connectivity index (χ2v) is 2.80. The number of carbonyl (C=O) groups is 2. The van der Waals surface area contributed by atoms with Crippen molar-refractivity contribution in [2.75, 3.05) is 0 Å². The first-order valence-electron chi connectivity index (χ1n) is 4.48. The van der Waals surface area contributed by atoms with Crippen molar-refractivity contribution in [3.05, 3.63) is 0 Å². The predicted octanol–water partition coefficient (Wildman–Crippen LogP) is 1.08. The second kappa shape index (κ2) is 6.99. The number of amides is 2. The van der Waals surface area contributed by atoms with Gasteiger partial charge in [0.1, 0.15) is 0 Å². The van der Waals surface area contributed by atoms with Gasteiger partial charge in [-0.15, -0.1) is 0 Å². The fourth-order valence-electron chi connectivity index (χ4n) is 0.962. The molecule has 0 unspecified atom stereocenters. The zero-order valence-electron chi connectivity index (χ0n) is 8.19. The maximum Gasteiger partial charge on any atom is 0.407 e. The summed E-state index contributed by atoms with van der Waals surface area (Å²) >= 11 is 0. The van der Waals surface area contributed by atoms with E-state index in [1.165, 1.54) is 0 Å². The third-order valence-electron chi connectivity index (χ3n) is 1.54. The minimum absolute atomic E-state index is 0.416. The summed E-state index contributed by atoms with van der Waals surface area (Å²) in [5.41, 5.74) is 9.56. The highest BCUT2D eigenvalue weighted by Crippen LogP contribution is 2.08. The predicted molar refractivity (Wildman–Crippen MR) is 49.3 cm³/mol. The maximum atomic E-state index is 10.4. The molecular weight excluding hydrogens is 188 g/mol. The molecule has 6 nitrogen and oxygen atoms in total. The molecule has 0 aromatic rings. The van der Waals surface area contributed by atoms with E-state index in [4.69, 9.17) is 11.5 Å². The quantitative estimate of drug-likeness (QED) is 0.499. The summed E-state index contributed by atoms with van der Waals surface area (Å²) in [4.78, 5) is 20.8. The fraction of sp³-hybridized carbons (Fsp3) is 0.750. The lowest BCUT2D eigenvalue weighted by atomic mass is 10.2. The first kappa shape index (κ1) is 12.5. The fourth-order valence-corrected chi connectivity index (χ4v) is 0.962. The Morgan fingerprint density at radius 3 is 2.00 bits per heavy atom. The van der Waals surface area contributed by atoms with E-state index in [1.54, 1.807) is 0 Å². The number of nitrogens with two attached hydrogens (primary N) is 2.